The van der Waals surface area contributed by atoms with Crippen LogP contribution < -0.4 is 11.1 Å². The molecule has 0 saturated carbocycles. The van der Waals surface area contributed by atoms with E-state index in [1.165, 1.54) is 11.3 Å². The molecule has 1 aromatic carbocycles. The van der Waals surface area contributed by atoms with Crippen LogP contribution in [0, 0.1) is 0 Å². The van der Waals surface area contributed by atoms with E-state index in [2.05, 4.69) is 15.2 Å². The third kappa shape index (κ3) is 3.18. The van der Waals surface area contributed by atoms with Gasteiger partial charge < -0.3 is 16.0 Å². The van der Waals surface area contributed by atoms with E-state index in [9.17, 15) is 4.79 Å². The maximum atomic E-state index is 12.6. The van der Waals surface area contributed by atoms with E-state index in [0.29, 0.717) is 22.4 Å². The number of thiazole rings is 1. The van der Waals surface area contributed by atoms with Gasteiger partial charge in [-0.05, 0) is 25.6 Å². The Labute approximate surface area is 133 Å². The first-order chi connectivity index (χ1) is 10.6. The standard InChI is InChI=1S/C16H18N4OS/c1-20-9-5-6-11(10-20)13(21)14-15(17)19-16(22-14)18-12-7-3-2-4-8-12/h2-4,6-8H,5,9-10,17H2,1H3,(H,18,19). The van der Waals surface area contributed by atoms with Crippen LogP contribution in [0.2, 0.25) is 0 Å². The molecule has 0 fully saturated rings. The van der Waals surface area contributed by atoms with Crippen molar-refractivity contribution >= 4 is 33.8 Å². The van der Waals surface area contributed by atoms with Gasteiger partial charge in [-0.3, -0.25) is 4.79 Å². The largest absolute Gasteiger partial charge is 0.382 e. The van der Waals surface area contributed by atoms with Gasteiger partial charge in [-0.2, -0.15) is 0 Å². The van der Waals surface area contributed by atoms with Crippen LogP contribution in [0.15, 0.2) is 42.0 Å². The molecule has 0 spiro atoms. The van der Waals surface area contributed by atoms with Crippen molar-refractivity contribution in [2.75, 3.05) is 31.2 Å². The van der Waals surface area contributed by atoms with Crippen molar-refractivity contribution in [1.82, 2.24) is 9.88 Å². The highest BCUT2D eigenvalue weighted by Gasteiger charge is 2.22. The van der Waals surface area contributed by atoms with Crippen molar-refractivity contribution in [2.45, 2.75) is 6.42 Å². The quantitative estimate of drug-likeness (QED) is 0.849. The van der Waals surface area contributed by atoms with Gasteiger partial charge in [0.2, 0.25) is 5.78 Å². The summed E-state index contributed by atoms with van der Waals surface area (Å²) in [5.74, 6) is 0.283. The van der Waals surface area contributed by atoms with Gasteiger partial charge in [0.15, 0.2) is 5.13 Å². The molecule has 0 aliphatic carbocycles. The van der Waals surface area contributed by atoms with Crippen LogP contribution in [0.25, 0.3) is 0 Å². The summed E-state index contributed by atoms with van der Waals surface area (Å²) in [5, 5.41) is 3.81. The maximum Gasteiger partial charge on any atom is 0.203 e. The number of nitrogen functional groups attached to an aromatic ring is 1. The lowest BCUT2D eigenvalue weighted by Gasteiger charge is -2.21. The molecule has 0 bridgehead atoms. The Morgan fingerprint density at radius 2 is 2.14 bits per heavy atom. The first-order valence-electron chi connectivity index (χ1n) is 7.14. The average Bonchev–Trinajstić information content (AvgIpc) is 2.88. The van der Waals surface area contributed by atoms with Gasteiger partial charge in [-0.25, -0.2) is 4.98 Å². The Kier molecular flexibility index (Phi) is 4.22. The minimum absolute atomic E-state index is 0.0114. The van der Waals surface area contributed by atoms with Gasteiger partial charge in [0.25, 0.3) is 0 Å². The summed E-state index contributed by atoms with van der Waals surface area (Å²) in [5.41, 5.74) is 7.66. The van der Waals surface area contributed by atoms with Crippen LogP contribution in [0.1, 0.15) is 16.1 Å². The van der Waals surface area contributed by atoms with E-state index < -0.39 is 0 Å². The Morgan fingerprint density at radius 3 is 2.86 bits per heavy atom. The number of hydrogen-bond donors (Lipinski definition) is 2. The molecule has 22 heavy (non-hydrogen) atoms. The van der Waals surface area contributed by atoms with Crippen LogP contribution >= 0.6 is 11.3 Å². The summed E-state index contributed by atoms with van der Waals surface area (Å²) < 4.78 is 0. The molecule has 1 aromatic heterocycles. The Morgan fingerprint density at radius 1 is 1.36 bits per heavy atom. The maximum absolute atomic E-state index is 12.6. The van der Waals surface area contributed by atoms with Crippen molar-refractivity contribution in [3.05, 3.63) is 46.9 Å². The van der Waals surface area contributed by atoms with Gasteiger partial charge in [-0.15, -0.1) is 0 Å². The molecule has 6 heteroatoms. The van der Waals surface area contributed by atoms with Crippen molar-refractivity contribution < 1.29 is 4.79 Å². The number of nitrogens with two attached hydrogens (primary N) is 1. The number of carbonyl (C=O) groups is 1. The summed E-state index contributed by atoms with van der Waals surface area (Å²) in [6.45, 7) is 1.65. The van der Waals surface area contributed by atoms with E-state index in [1.807, 2.05) is 43.5 Å². The molecule has 0 radical (unpaired) electrons. The van der Waals surface area contributed by atoms with E-state index in [0.717, 1.165) is 24.2 Å². The summed E-state index contributed by atoms with van der Waals surface area (Å²) in [6.07, 6.45) is 2.90. The topological polar surface area (TPSA) is 71.2 Å². The molecule has 0 unspecified atom stereocenters. The number of likely N-dealkylation sites (N-methyl/N-ethyl adjacent to an activating group) is 1. The highest BCUT2D eigenvalue weighted by molar-refractivity contribution is 7.18. The number of benzene rings is 1. The first kappa shape index (κ1) is 14.7. The molecule has 1 aliphatic rings. The number of anilines is 3. The Hall–Kier alpha value is -2.18. The molecule has 0 atom stereocenters. The summed E-state index contributed by atoms with van der Waals surface area (Å²) in [4.78, 5) is 19.5. The number of Topliss-reactive ketones (excluding diaryl/α,β-unsaturated/α-hetero) is 1. The molecule has 5 nitrogen and oxygen atoms in total. The number of hydrogen-bond acceptors (Lipinski definition) is 6. The fraction of sp³-hybridized carbons (Fsp3) is 0.250. The fourth-order valence-electron chi connectivity index (χ4n) is 2.40. The normalized spacial score (nSPS) is 15.4. The third-order valence-corrected chi connectivity index (χ3v) is 4.50. The lowest BCUT2D eigenvalue weighted by molar-refractivity contribution is 0.102. The predicted octanol–water partition coefficient (Wildman–Crippen LogP) is 2.91. The van der Waals surface area contributed by atoms with E-state index in [1.54, 1.807) is 0 Å². The van der Waals surface area contributed by atoms with Crippen molar-refractivity contribution in [3.8, 4) is 0 Å². The van der Waals surface area contributed by atoms with Crippen LogP contribution in [0.5, 0.6) is 0 Å². The highest BCUT2D eigenvalue weighted by atomic mass is 32.1. The van der Waals surface area contributed by atoms with E-state index >= 15 is 0 Å². The van der Waals surface area contributed by atoms with Gasteiger partial charge in [-0.1, -0.05) is 35.6 Å². The minimum atomic E-state index is -0.0114. The molecule has 3 N–H and O–H groups in total. The van der Waals surface area contributed by atoms with Crippen LogP contribution in [-0.4, -0.2) is 35.8 Å². The molecule has 0 amide bonds. The lowest BCUT2D eigenvalue weighted by Crippen LogP contribution is -2.28. The van der Waals surface area contributed by atoms with Crippen molar-refractivity contribution in [1.29, 1.82) is 0 Å². The van der Waals surface area contributed by atoms with Crippen LogP contribution in [0.4, 0.5) is 16.6 Å². The van der Waals surface area contributed by atoms with Crippen LogP contribution in [-0.2, 0) is 0 Å². The second-order valence-corrected chi connectivity index (χ2v) is 6.31. The summed E-state index contributed by atoms with van der Waals surface area (Å²) >= 11 is 1.30. The molecule has 2 heterocycles. The predicted molar refractivity (Wildman–Crippen MR) is 90.8 cm³/mol. The molecule has 1 aliphatic heterocycles. The molecule has 114 valence electrons. The second kappa shape index (κ2) is 6.29. The zero-order valence-corrected chi connectivity index (χ0v) is 13.2. The second-order valence-electron chi connectivity index (χ2n) is 5.31. The van der Waals surface area contributed by atoms with Gasteiger partial charge >= 0.3 is 0 Å². The summed E-state index contributed by atoms with van der Waals surface area (Å²) in [6, 6.07) is 9.71. The number of rotatable bonds is 4. The van der Waals surface area contributed by atoms with Gasteiger partial charge in [0, 0.05) is 24.4 Å². The van der Waals surface area contributed by atoms with Gasteiger partial charge in [0.05, 0.1) is 0 Å². The number of nitrogens with zero attached hydrogens (tertiary/aromatic N) is 2. The zero-order chi connectivity index (χ0) is 15.5. The highest BCUT2D eigenvalue weighted by Crippen LogP contribution is 2.30. The average molecular weight is 314 g/mol. The monoisotopic (exact) mass is 314 g/mol. The summed E-state index contributed by atoms with van der Waals surface area (Å²) in [7, 11) is 2.01. The Bertz CT molecular complexity index is 708. The molecule has 0 saturated heterocycles. The number of aromatic nitrogens is 1. The zero-order valence-electron chi connectivity index (χ0n) is 12.4. The first-order valence-corrected chi connectivity index (χ1v) is 7.96. The molecule has 3 rings (SSSR count). The van der Waals surface area contributed by atoms with Crippen molar-refractivity contribution in [2.24, 2.45) is 0 Å². The fourth-order valence-corrected chi connectivity index (χ4v) is 3.28. The Balaban J connectivity index is 1.80. The minimum Gasteiger partial charge on any atom is -0.382 e. The number of ketones is 1. The SMILES string of the molecule is CN1CCC=C(C(=O)c2sc(Nc3ccccc3)nc2N)C1. The van der Waals surface area contributed by atoms with Crippen molar-refractivity contribution in [3.63, 3.8) is 0 Å². The number of nitrogens with one attached hydrogen (secondary N) is 1. The smallest absolute Gasteiger partial charge is 0.203 e. The van der Waals surface area contributed by atoms with E-state index in [-0.39, 0.29) is 5.78 Å². The molecular weight excluding hydrogens is 296 g/mol. The number of carbonyl (C=O) groups excluding carboxylic acids is 1. The van der Waals surface area contributed by atoms with Crippen LogP contribution in [0.3, 0.4) is 0 Å². The van der Waals surface area contributed by atoms with E-state index in [4.69, 9.17) is 5.73 Å². The third-order valence-electron chi connectivity index (χ3n) is 3.52. The number of para-hydroxylation sites is 1. The molecular formula is C16H18N4OS. The lowest BCUT2D eigenvalue weighted by atomic mass is 10.1. The van der Waals surface area contributed by atoms with Gasteiger partial charge in [0.1, 0.15) is 10.7 Å². The molecule has 2 aromatic rings.